The van der Waals surface area contributed by atoms with E-state index in [9.17, 15) is 9.90 Å². The summed E-state index contributed by atoms with van der Waals surface area (Å²) in [7, 11) is 0. The van der Waals surface area contributed by atoms with Crippen molar-refractivity contribution < 1.29 is 30.3 Å². The minimum Gasteiger partial charge on any atom is -0.481 e. The summed E-state index contributed by atoms with van der Waals surface area (Å²) in [5.41, 5.74) is 0. The molecule has 6 nitrogen and oxygen atoms in total. The molecule has 0 heterocycles. The van der Waals surface area contributed by atoms with Crippen LogP contribution in [0.15, 0.2) is 0 Å². The first-order valence-corrected chi connectivity index (χ1v) is 10.8. The molecule has 0 aliphatic carbocycles. The van der Waals surface area contributed by atoms with Crippen molar-refractivity contribution in [2.75, 3.05) is 13.2 Å². The lowest BCUT2D eigenvalue weighted by Crippen LogP contribution is -2.15. The quantitative estimate of drug-likeness (QED) is 0.227. The summed E-state index contributed by atoms with van der Waals surface area (Å²) in [5, 5.41) is 42.4. The molecule has 0 aromatic heterocycles. The maximum absolute atomic E-state index is 10.3. The van der Waals surface area contributed by atoms with E-state index in [4.69, 9.17) is 20.4 Å². The molecule has 0 aromatic carbocycles. The van der Waals surface area contributed by atoms with Crippen LogP contribution in [-0.2, 0) is 4.79 Å². The SMILES string of the molecule is CCCCCCC(O)CCCCCCCCCCC(=O)O.OCC(O)CO. The van der Waals surface area contributed by atoms with Gasteiger partial charge < -0.3 is 25.5 Å². The van der Waals surface area contributed by atoms with Gasteiger partial charge in [0.05, 0.1) is 19.3 Å². The van der Waals surface area contributed by atoms with Crippen LogP contribution in [0.3, 0.4) is 0 Å². The van der Waals surface area contributed by atoms with Crippen molar-refractivity contribution in [3.8, 4) is 0 Å². The zero-order valence-corrected chi connectivity index (χ0v) is 17.3. The molecule has 1 atom stereocenters. The van der Waals surface area contributed by atoms with E-state index in [1.54, 1.807) is 0 Å². The van der Waals surface area contributed by atoms with E-state index >= 15 is 0 Å². The van der Waals surface area contributed by atoms with E-state index < -0.39 is 12.1 Å². The Hall–Kier alpha value is -0.690. The summed E-state index contributed by atoms with van der Waals surface area (Å²) < 4.78 is 0. The Balaban J connectivity index is 0. The van der Waals surface area contributed by atoms with Crippen LogP contribution in [0.4, 0.5) is 0 Å². The van der Waals surface area contributed by atoms with Crippen LogP contribution < -0.4 is 0 Å². The highest BCUT2D eigenvalue weighted by molar-refractivity contribution is 5.66. The number of hydrogen-bond acceptors (Lipinski definition) is 5. The second-order valence-electron chi connectivity index (χ2n) is 7.28. The highest BCUT2D eigenvalue weighted by atomic mass is 16.4. The average Bonchev–Trinajstić information content (AvgIpc) is 2.66. The molecule has 0 bridgehead atoms. The molecule has 0 saturated carbocycles. The van der Waals surface area contributed by atoms with Gasteiger partial charge in [-0.2, -0.15) is 0 Å². The molecule has 0 aliphatic heterocycles. The van der Waals surface area contributed by atoms with Gasteiger partial charge in [-0.15, -0.1) is 0 Å². The number of aliphatic hydroxyl groups excluding tert-OH is 4. The molecule has 0 aromatic rings. The Kier molecular flexibility index (Phi) is 24.7. The zero-order chi connectivity index (χ0) is 20.8. The summed E-state index contributed by atoms with van der Waals surface area (Å²) in [6, 6.07) is 0. The van der Waals surface area contributed by atoms with Crippen LogP contribution in [0.25, 0.3) is 0 Å². The van der Waals surface area contributed by atoms with Crippen LogP contribution in [0.2, 0.25) is 0 Å². The normalized spacial score (nSPS) is 11.9. The maximum atomic E-state index is 10.3. The number of carboxylic acids is 1. The smallest absolute Gasteiger partial charge is 0.303 e. The molecule has 0 rings (SSSR count). The summed E-state index contributed by atoms with van der Waals surface area (Å²) in [5.74, 6) is -0.678. The maximum Gasteiger partial charge on any atom is 0.303 e. The van der Waals surface area contributed by atoms with Crippen molar-refractivity contribution in [3.63, 3.8) is 0 Å². The van der Waals surface area contributed by atoms with Crippen LogP contribution in [0, 0.1) is 0 Å². The van der Waals surface area contributed by atoms with Gasteiger partial charge in [-0.1, -0.05) is 77.6 Å². The number of rotatable bonds is 18. The van der Waals surface area contributed by atoms with Gasteiger partial charge in [0.15, 0.2) is 0 Å². The van der Waals surface area contributed by atoms with Gasteiger partial charge in [0.2, 0.25) is 0 Å². The van der Waals surface area contributed by atoms with Crippen molar-refractivity contribution in [1.29, 1.82) is 0 Å². The molecule has 5 N–H and O–H groups in total. The Bertz CT molecular complexity index is 294. The number of unbranched alkanes of at least 4 members (excludes halogenated alkanes) is 10. The van der Waals surface area contributed by atoms with E-state index in [0.29, 0.717) is 6.42 Å². The van der Waals surface area contributed by atoms with Crippen LogP contribution in [-0.4, -0.2) is 56.9 Å². The van der Waals surface area contributed by atoms with Crippen molar-refractivity contribution in [2.45, 2.75) is 115 Å². The van der Waals surface area contributed by atoms with Gasteiger partial charge in [0.25, 0.3) is 0 Å². The summed E-state index contributed by atoms with van der Waals surface area (Å²) in [6.45, 7) is 1.48. The predicted octanol–water partition coefficient (Wildman–Crippen LogP) is 3.64. The molecule has 27 heavy (non-hydrogen) atoms. The molecule has 0 radical (unpaired) electrons. The highest BCUT2D eigenvalue weighted by Gasteiger charge is 2.03. The highest BCUT2D eigenvalue weighted by Crippen LogP contribution is 2.14. The predicted molar refractivity (Wildman–Crippen MR) is 109 cm³/mol. The number of hydrogen-bond donors (Lipinski definition) is 5. The summed E-state index contributed by atoms with van der Waals surface area (Å²) >= 11 is 0. The van der Waals surface area contributed by atoms with Gasteiger partial charge in [0.1, 0.15) is 6.10 Å². The third kappa shape index (κ3) is 27.6. The van der Waals surface area contributed by atoms with E-state index in [1.165, 1.54) is 51.4 Å². The van der Waals surface area contributed by atoms with E-state index in [0.717, 1.165) is 38.5 Å². The third-order valence-electron chi connectivity index (χ3n) is 4.49. The first-order valence-electron chi connectivity index (χ1n) is 10.8. The number of aliphatic carboxylic acids is 1. The molecule has 0 amide bonds. The molecule has 0 spiro atoms. The molecule has 0 fully saturated rings. The van der Waals surface area contributed by atoms with Gasteiger partial charge in [-0.3, -0.25) is 4.79 Å². The van der Waals surface area contributed by atoms with Crippen molar-refractivity contribution in [3.05, 3.63) is 0 Å². The lowest BCUT2D eigenvalue weighted by molar-refractivity contribution is -0.137. The van der Waals surface area contributed by atoms with E-state index in [-0.39, 0.29) is 19.3 Å². The minimum atomic E-state index is -0.954. The average molecular weight is 393 g/mol. The number of carboxylic acid groups (broad SMARTS) is 1. The van der Waals surface area contributed by atoms with Gasteiger partial charge in [0, 0.05) is 6.42 Å². The Labute approximate surface area is 165 Å². The Morgan fingerprint density at radius 2 is 1.07 bits per heavy atom. The molecule has 1 unspecified atom stereocenters. The second-order valence-corrected chi connectivity index (χ2v) is 7.28. The second kappa shape index (κ2) is 23.3. The summed E-state index contributed by atoms with van der Waals surface area (Å²) in [6.07, 6.45) is 15.3. The molecule has 0 saturated heterocycles. The Morgan fingerprint density at radius 3 is 1.44 bits per heavy atom. The topological polar surface area (TPSA) is 118 Å². The fraction of sp³-hybridized carbons (Fsp3) is 0.952. The number of carbonyl (C=O) groups is 1. The molecule has 6 heteroatoms. The fourth-order valence-electron chi connectivity index (χ4n) is 2.73. The van der Waals surface area contributed by atoms with E-state index in [1.807, 2.05) is 0 Å². The van der Waals surface area contributed by atoms with Gasteiger partial charge in [-0.25, -0.2) is 0 Å². The lowest BCUT2D eigenvalue weighted by atomic mass is 10.0. The lowest BCUT2D eigenvalue weighted by Gasteiger charge is -2.10. The van der Waals surface area contributed by atoms with Gasteiger partial charge >= 0.3 is 5.97 Å². The van der Waals surface area contributed by atoms with Crippen LogP contribution in [0.5, 0.6) is 0 Å². The zero-order valence-electron chi connectivity index (χ0n) is 17.3. The molecular formula is C21H44O6. The van der Waals surface area contributed by atoms with E-state index in [2.05, 4.69) is 6.92 Å². The molecular weight excluding hydrogens is 348 g/mol. The monoisotopic (exact) mass is 392 g/mol. The fourth-order valence-corrected chi connectivity index (χ4v) is 2.73. The van der Waals surface area contributed by atoms with Gasteiger partial charge in [-0.05, 0) is 19.3 Å². The summed E-state index contributed by atoms with van der Waals surface area (Å²) in [4.78, 5) is 10.3. The van der Waals surface area contributed by atoms with Crippen molar-refractivity contribution in [2.24, 2.45) is 0 Å². The first kappa shape index (κ1) is 28.5. The Morgan fingerprint density at radius 1 is 0.667 bits per heavy atom. The molecule has 164 valence electrons. The van der Waals surface area contributed by atoms with Crippen LogP contribution >= 0.6 is 0 Å². The molecule has 0 aliphatic rings. The third-order valence-corrected chi connectivity index (χ3v) is 4.49. The largest absolute Gasteiger partial charge is 0.481 e. The van der Waals surface area contributed by atoms with Crippen molar-refractivity contribution >= 4 is 5.97 Å². The standard InChI is InChI=1S/C18H36O3.C3H8O3/c1-2-3-4-11-14-17(19)15-12-9-7-5-6-8-10-13-16-18(20)21;4-1-3(6)2-5/h17,19H,2-16H2,1H3,(H,20,21);3-6H,1-2H2. The first-order chi connectivity index (χ1) is 13.0. The van der Waals surface area contributed by atoms with Crippen molar-refractivity contribution in [1.82, 2.24) is 0 Å². The van der Waals surface area contributed by atoms with Crippen LogP contribution in [0.1, 0.15) is 103 Å². The number of aliphatic hydroxyl groups is 4. The minimum absolute atomic E-state index is 0.0853.